The van der Waals surface area contributed by atoms with Gasteiger partial charge >= 0.3 is 0 Å². The molecular formula is C9H16O2. The van der Waals surface area contributed by atoms with Crippen molar-refractivity contribution in [2.24, 2.45) is 17.8 Å². The first-order valence-corrected chi connectivity index (χ1v) is 4.51. The Morgan fingerprint density at radius 3 is 2.82 bits per heavy atom. The van der Waals surface area contributed by atoms with Gasteiger partial charge in [0.15, 0.2) is 0 Å². The van der Waals surface area contributed by atoms with Crippen molar-refractivity contribution in [3.63, 3.8) is 0 Å². The van der Waals surface area contributed by atoms with Crippen molar-refractivity contribution < 1.29 is 10.2 Å². The minimum atomic E-state index is -0.560. The second-order valence-corrected chi connectivity index (χ2v) is 4.22. The lowest BCUT2D eigenvalue weighted by atomic mass is 9.56. The topological polar surface area (TPSA) is 40.5 Å². The SMILES string of the molecule is CC1(O)C(CO)C2CCCC21. The van der Waals surface area contributed by atoms with E-state index in [0.29, 0.717) is 11.8 Å². The molecule has 0 saturated heterocycles. The number of aliphatic hydroxyl groups is 2. The third-order valence-corrected chi connectivity index (χ3v) is 3.78. The van der Waals surface area contributed by atoms with Crippen molar-refractivity contribution in [3.8, 4) is 0 Å². The molecular weight excluding hydrogens is 140 g/mol. The molecule has 2 heteroatoms. The number of rotatable bonds is 1. The van der Waals surface area contributed by atoms with E-state index in [1.54, 1.807) is 0 Å². The maximum atomic E-state index is 9.88. The van der Waals surface area contributed by atoms with E-state index in [1.807, 2.05) is 6.92 Å². The number of aliphatic hydroxyl groups excluding tert-OH is 1. The van der Waals surface area contributed by atoms with Gasteiger partial charge in [-0.15, -0.1) is 0 Å². The summed E-state index contributed by atoms with van der Waals surface area (Å²) >= 11 is 0. The molecule has 0 aliphatic heterocycles. The van der Waals surface area contributed by atoms with Gasteiger partial charge < -0.3 is 10.2 Å². The van der Waals surface area contributed by atoms with Gasteiger partial charge in [-0.3, -0.25) is 0 Å². The molecule has 4 unspecified atom stereocenters. The molecule has 0 amide bonds. The van der Waals surface area contributed by atoms with E-state index in [1.165, 1.54) is 12.8 Å². The summed E-state index contributed by atoms with van der Waals surface area (Å²) in [6, 6.07) is 0. The third kappa shape index (κ3) is 0.798. The first kappa shape index (κ1) is 7.56. The number of hydrogen-bond acceptors (Lipinski definition) is 2. The van der Waals surface area contributed by atoms with Gasteiger partial charge in [0.2, 0.25) is 0 Å². The van der Waals surface area contributed by atoms with Crippen LogP contribution < -0.4 is 0 Å². The lowest BCUT2D eigenvalue weighted by Gasteiger charge is -2.53. The molecule has 2 rings (SSSR count). The van der Waals surface area contributed by atoms with Gasteiger partial charge in [-0.2, -0.15) is 0 Å². The molecule has 0 aromatic carbocycles. The number of fused-ring (bicyclic) bond motifs is 1. The van der Waals surface area contributed by atoms with Gasteiger partial charge in [-0.25, -0.2) is 0 Å². The van der Waals surface area contributed by atoms with Crippen LogP contribution in [0.2, 0.25) is 0 Å². The third-order valence-electron chi connectivity index (χ3n) is 3.78. The predicted molar refractivity (Wildman–Crippen MR) is 42.0 cm³/mol. The molecule has 11 heavy (non-hydrogen) atoms. The van der Waals surface area contributed by atoms with Crippen LogP contribution in [0.3, 0.4) is 0 Å². The molecule has 2 fully saturated rings. The molecule has 0 aromatic heterocycles. The van der Waals surface area contributed by atoms with Crippen molar-refractivity contribution in [2.45, 2.75) is 31.8 Å². The monoisotopic (exact) mass is 156 g/mol. The lowest BCUT2D eigenvalue weighted by molar-refractivity contribution is -0.185. The standard InChI is InChI=1S/C9H16O2/c1-9(11)7-4-2-3-6(7)8(9)5-10/h6-8,10-11H,2-5H2,1H3. The van der Waals surface area contributed by atoms with Crippen LogP contribution >= 0.6 is 0 Å². The molecule has 2 N–H and O–H groups in total. The first-order chi connectivity index (χ1) is 5.18. The normalized spacial score (nSPS) is 55.4. The van der Waals surface area contributed by atoms with Crippen molar-refractivity contribution in [3.05, 3.63) is 0 Å². The Morgan fingerprint density at radius 2 is 2.18 bits per heavy atom. The Kier molecular flexibility index (Phi) is 1.52. The molecule has 2 aliphatic carbocycles. The Balaban J connectivity index is 2.12. The zero-order chi connectivity index (χ0) is 8.06. The van der Waals surface area contributed by atoms with Crippen molar-refractivity contribution in [1.29, 1.82) is 0 Å². The van der Waals surface area contributed by atoms with Crippen molar-refractivity contribution in [2.75, 3.05) is 6.61 Å². The molecule has 2 saturated carbocycles. The molecule has 2 aliphatic rings. The van der Waals surface area contributed by atoms with Crippen LogP contribution in [0.25, 0.3) is 0 Å². The Morgan fingerprint density at radius 1 is 1.45 bits per heavy atom. The molecule has 0 aromatic rings. The van der Waals surface area contributed by atoms with Crippen LogP contribution in [0.5, 0.6) is 0 Å². The fraction of sp³-hybridized carbons (Fsp3) is 1.00. The zero-order valence-electron chi connectivity index (χ0n) is 6.95. The molecule has 2 nitrogen and oxygen atoms in total. The molecule has 64 valence electrons. The van der Waals surface area contributed by atoms with E-state index in [9.17, 15) is 5.11 Å². The summed E-state index contributed by atoms with van der Waals surface area (Å²) < 4.78 is 0. The number of hydrogen-bond donors (Lipinski definition) is 2. The smallest absolute Gasteiger partial charge is 0.0703 e. The summed E-state index contributed by atoms with van der Waals surface area (Å²) in [5.74, 6) is 1.27. The minimum Gasteiger partial charge on any atom is -0.396 e. The second kappa shape index (κ2) is 2.20. The lowest BCUT2D eigenvalue weighted by Crippen LogP contribution is -2.59. The van der Waals surface area contributed by atoms with Gasteiger partial charge in [-0.1, -0.05) is 6.42 Å². The first-order valence-electron chi connectivity index (χ1n) is 4.51. The summed E-state index contributed by atoms with van der Waals surface area (Å²) in [5, 5.41) is 18.9. The van der Waals surface area contributed by atoms with Gasteiger partial charge in [0.25, 0.3) is 0 Å². The highest BCUT2D eigenvalue weighted by Crippen LogP contribution is 2.57. The summed E-state index contributed by atoms with van der Waals surface area (Å²) in [5.41, 5.74) is -0.560. The minimum absolute atomic E-state index is 0.161. The van der Waals surface area contributed by atoms with Crippen LogP contribution in [-0.4, -0.2) is 22.4 Å². The van der Waals surface area contributed by atoms with E-state index in [-0.39, 0.29) is 12.5 Å². The average Bonchev–Trinajstić information content (AvgIpc) is 2.34. The molecule has 0 bridgehead atoms. The summed E-state index contributed by atoms with van der Waals surface area (Å²) in [6.45, 7) is 2.04. The van der Waals surface area contributed by atoms with Crippen LogP contribution in [0.4, 0.5) is 0 Å². The average molecular weight is 156 g/mol. The van der Waals surface area contributed by atoms with Gasteiger partial charge in [0.05, 0.1) is 5.60 Å². The Labute approximate surface area is 67.2 Å². The van der Waals surface area contributed by atoms with Crippen LogP contribution in [0.15, 0.2) is 0 Å². The maximum Gasteiger partial charge on any atom is 0.0703 e. The van der Waals surface area contributed by atoms with Crippen LogP contribution in [0.1, 0.15) is 26.2 Å². The molecule has 4 atom stereocenters. The molecule has 0 radical (unpaired) electrons. The maximum absolute atomic E-state index is 9.88. The zero-order valence-corrected chi connectivity index (χ0v) is 6.95. The summed E-state index contributed by atoms with van der Waals surface area (Å²) in [6.07, 6.45) is 3.61. The quantitative estimate of drug-likeness (QED) is 0.589. The fourth-order valence-corrected chi connectivity index (χ4v) is 3.11. The Bertz CT molecular complexity index is 165. The van der Waals surface area contributed by atoms with Gasteiger partial charge in [0, 0.05) is 12.5 Å². The summed E-state index contributed by atoms with van der Waals surface area (Å²) in [4.78, 5) is 0. The fourth-order valence-electron chi connectivity index (χ4n) is 3.11. The summed E-state index contributed by atoms with van der Waals surface area (Å²) in [7, 11) is 0. The van der Waals surface area contributed by atoms with Crippen molar-refractivity contribution >= 4 is 0 Å². The second-order valence-electron chi connectivity index (χ2n) is 4.22. The van der Waals surface area contributed by atoms with Gasteiger partial charge in [0.1, 0.15) is 0 Å². The highest BCUT2D eigenvalue weighted by molar-refractivity contribution is 5.08. The highest BCUT2D eigenvalue weighted by atomic mass is 16.3. The highest BCUT2D eigenvalue weighted by Gasteiger charge is 2.59. The largest absolute Gasteiger partial charge is 0.396 e. The van der Waals surface area contributed by atoms with E-state index in [4.69, 9.17) is 5.11 Å². The van der Waals surface area contributed by atoms with Crippen molar-refractivity contribution in [1.82, 2.24) is 0 Å². The molecule has 0 spiro atoms. The molecule has 0 heterocycles. The van der Waals surface area contributed by atoms with E-state index >= 15 is 0 Å². The Hall–Kier alpha value is -0.0800. The predicted octanol–water partition coefficient (Wildman–Crippen LogP) is 0.776. The van der Waals surface area contributed by atoms with Crippen LogP contribution in [0, 0.1) is 17.8 Å². The van der Waals surface area contributed by atoms with E-state index < -0.39 is 5.60 Å². The van der Waals surface area contributed by atoms with Crippen LogP contribution in [-0.2, 0) is 0 Å². The van der Waals surface area contributed by atoms with E-state index in [0.717, 1.165) is 6.42 Å². The van der Waals surface area contributed by atoms with Gasteiger partial charge in [-0.05, 0) is 31.6 Å². The van der Waals surface area contributed by atoms with E-state index in [2.05, 4.69) is 0 Å².